The molecule has 1 saturated carbocycles. The third-order valence-corrected chi connectivity index (χ3v) is 5.51. The number of ether oxygens (including phenoxy) is 1. The Labute approximate surface area is 169 Å². The van der Waals surface area contributed by atoms with Gasteiger partial charge in [0.1, 0.15) is 11.4 Å². The van der Waals surface area contributed by atoms with Gasteiger partial charge >= 0.3 is 5.97 Å². The molecule has 1 aromatic carbocycles. The summed E-state index contributed by atoms with van der Waals surface area (Å²) in [4.78, 5) is 29.9. The molecule has 0 bridgehead atoms. The minimum Gasteiger partial charge on any atom is -0.462 e. The SMILES string of the molecule is CCOC(=O)c1cn(C2CC2)c2c(C)c(-c3cnc(NC)c(C)c3)ccc2c1=O. The van der Waals surface area contributed by atoms with Crippen molar-refractivity contribution >= 4 is 22.7 Å². The Morgan fingerprint density at radius 2 is 2.07 bits per heavy atom. The molecule has 0 amide bonds. The molecular formula is C23H25N3O3. The van der Waals surface area contributed by atoms with Crippen LogP contribution in [0.25, 0.3) is 22.0 Å². The van der Waals surface area contributed by atoms with E-state index in [2.05, 4.69) is 20.9 Å². The maximum atomic E-state index is 13.0. The average molecular weight is 391 g/mol. The van der Waals surface area contributed by atoms with Crippen molar-refractivity contribution in [3.05, 3.63) is 57.5 Å². The molecule has 0 atom stereocenters. The van der Waals surface area contributed by atoms with E-state index in [0.717, 1.165) is 46.4 Å². The van der Waals surface area contributed by atoms with Gasteiger partial charge in [-0.25, -0.2) is 9.78 Å². The van der Waals surface area contributed by atoms with Crippen LogP contribution in [0.5, 0.6) is 0 Å². The molecule has 0 saturated heterocycles. The van der Waals surface area contributed by atoms with Crippen molar-refractivity contribution in [2.75, 3.05) is 19.0 Å². The summed E-state index contributed by atoms with van der Waals surface area (Å²) in [5.74, 6) is 0.291. The minimum atomic E-state index is -0.557. The highest BCUT2D eigenvalue weighted by Crippen LogP contribution is 2.39. The summed E-state index contributed by atoms with van der Waals surface area (Å²) in [6.07, 6.45) is 5.62. The summed E-state index contributed by atoms with van der Waals surface area (Å²) in [5, 5.41) is 3.64. The van der Waals surface area contributed by atoms with Gasteiger partial charge in [-0.2, -0.15) is 0 Å². The largest absolute Gasteiger partial charge is 0.462 e. The van der Waals surface area contributed by atoms with Crippen LogP contribution in [0.2, 0.25) is 0 Å². The number of pyridine rings is 2. The maximum absolute atomic E-state index is 13.0. The standard InChI is InChI=1S/C23H25N3O3/c1-5-29-23(28)19-12-26(16-6-7-16)20-14(3)17(8-9-18(20)21(19)27)15-10-13(2)22(24-4)25-11-15/h8-12,16H,5-7H2,1-4H3,(H,24,25). The van der Waals surface area contributed by atoms with Gasteiger partial charge in [-0.1, -0.05) is 6.07 Å². The summed E-state index contributed by atoms with van der Waals surface area (Å²) in [7, 11) is 1.85. The van der Waals surface area contributed by atoms with Gasteiger partial charge in [0.2, 0.25) is 5.43 Å². The first-order valence-electron chi connectivity index (χ1n) is 9.96. The zero-order valence-electron chi connectivity index (χ0n) is 17.2. The lowest BCUT2D eigenvalue weighted by Crippen LogP contribution is -2.21. The van der Waals surface area contributed by atoms with Crippen molar-refractivity contribution in [2.45, 2.75) is 39.7 Å². The molecule has 1 aliphatic carbocycles. The normalized spacial score (nSPS) is 13.5. The lowest BCUT2D eigenvalue weighted by Gasteiger charge is -2.17. The highest BCUT2D eigenvalue weighted by Gasteiger charge is 2.28. The Balaban J connectivity index is 1.95. The van der Waals surface area contributed by atoms with Crippen molar-refractivity contribution in [1.82, 2.24) is 9.55 Å². The second-order valence-corrected chi connectivity index (χ2v) is 7.50. The second-order valence-electron chi connectivity index (χ2n) is 7.50. The molecule has 0 aliphatic heterocycles. The monoisotopic (exact) mass is 391 g/mol. The lowest BCUT2D eigenvalue weighted by atomic mass is 9.97. The van der Waals surface area contributed by atoms with Crippen LogP contribution >= 0.6 is 0 Å². The van der Waals surface area contributed by atoms with Gasteiger partial charge in [-0.15, -0.1) is 0 Å². The quantitative estimate of drug-likeness (QED) is 0.659. The minimum absolute atomic E-state index is 0.106. The zero-order chi connectivity index (χ0) is 20.7. The molecule has 6 heteroatoms. The van der Waals surface area contributed by atoms with Crippen molar-refractivity contribution in [1.29, 1.82) is 0 Å². The molecule has 1 aliphatic rings. The van der Waals surface area contributed by atoms with E-state index in [4.69, 9.17) is 4.74 Å². The second kappa shape index (κ2) is 7.35. The van der Waals surface area contributed by atoms with Gasteiger partial charge in [0.05, 0.1) is 12.1 Å². The first-order chi connectivity index (χ1) is 14.0. The Morgan fingerprint density at radius 3 is 2.69 bits per heavy atom. The third-order valence-electron chi connectivity index (χ3n) is 5.51. The number of anilines is 1. The van der Waals surface area contributed by atoms with E-state index in [1.165, 1.54) is 0 Å². The van der Waals surface area contributed by atoms with Crippen LogP contribution in [0.4, 0.5) is 5.82 Å². The van der Waals surface area contributed by atoms with Gasteiger partial charge < -0.3 is 14.6 Å². The van der Waals surface area contributed by atoms with E-state index in [-0.39, 0.29) is 17.6 Å². The Kier molecular flexibility index (Phi) is 4.86. The maximum Gasteiger partial charge on any atom is 0.343 e. The summed E-state index contributed by atoms with van der Waals surface area (Å²) in [5.41, 5.74) is 4.83. The molecule has 1 N–H and O–H groups in total. The van der Waals surface area contributed by atoms with E-state index in [1.54, 1.807) is 13.1 Å². The topological polar surface area (TPSA) is 73.2 Å². The van der Waals surface area contributed by atoms with Crippen molar-refractivity contribution in [2.24, 2.45) is 0 Å². The van der Waals surface area contributed by atoms with Crippen LogP contribution in [0.15, 0.2) is 35.4 Å². The smallest absolute Gasteiger partial charge is 0.343 e. The zero-order valence-corrected chi connectivity index (χ0v) is 17.2. The first-order valence-corrected chi connectivity index (χ1v) is 9.96. The highest BCUT2D eigenvalue weighted by atomic mass is 16.5. The Hall–Kier alpha value is -3.15. The Bertz CT molecular complexity index is 1180. The van der Waals surface area contributed by atoms with E-state index in [9.17, 15) is 9.59 Å². The molecule has 2 aromatic heterocycles. The third kappa shape index (κ3) is 3.28. The number of rotatable bonds is 5. The summed E-state index contributed by atoms with van der Waals surface area (Å²) >= 11 is 0. The first kappa shape index (κ1) is 19.2. The average Bonchev–Trinajstić information content (AvgIpc) is 3.54. The fraction of sp³-hybridized carbons (Fsp3) is 0.348. The number of benzene rings is 1. The van der Waals surface area contributed by atoms with Gasteiger partial charge in [0.25, 0.3) is 0 Å². The summed E-state index contributed by atoms with van der Waals surface area (Å²) in [6.45, 7) is 6.03. The molecule has 0 radical (unpaired) electrons. The van der Waals surface area contributed by atoms with Gasteiger partial charge in [-0.3, -0.25) is 4.79 Å². The molecule has 150 valence electrons. The molecule has 0 spiro atoms. The number of fused-ring (bicyclic) bond motifs is 1. The summed E-state index contributed by atoms with van der Waals surface area (Å²) in [6, 6.07) is 6.18. The summed E-state index contributed by atoms with van der Waals surface area (Å²) < 4.78 is 7.19. The number of nitrogens with zero attached hydrogens (tertiary/aromatic N) is 2. The lowest BCUT2D eigenvalue weighted by molar-refractivity contribution is 0.0524. The molecule has 1 fully saturated rings. The molecule has 3 aromatic rings. The number of aromatic nitrogens is 2. The number of carbonyl (C=O) groups is 1. The predicted molar refractivity (Wildman–Crippen MR) is 115 cm³/mol. The van der Waals surface area contributed by atoms with Crippen molar-refractivity contribution < 1.29 is 9.53 Å². The van der Waals surface area contributed by atoms with Crippen molar-refractivity contribution in [3.8, 4) is 11.1 Å². The number of carbonyl (C=O) groups excluding carboxylic acids is 1. The highest BCUT2D eigenvalue weighted by molar-refractivity contribution is 5.96. The molecule has 2 heterocycles. The fourth-order valence-electron chi connectivity index (χ4n) is 3.91. The molecule has 6 nitrogen and oxygen atoms in total. The molecule has 0 unspecified atom stereocenters. The van der Waals surface area contributed by atoms with E-state index < -0.39 is 5.97 Å². The van der Waals surface area contributed by atoms with E-state index in [0.29, 0.717) is 11.4 Å². The number of esters is 1. The van der Waals surface area contributed by atoms with E-state index >= 15 is 0 Å². The van der Waals surface area contributed by atoms with E-state index in [1.807, 2.05) is 39.2 Å². The van der Waals surface area contributed by atoms with Gasteiger partial charge in [0.15, 0.2) is 0 Å². The van der Waals surface area contributed by atoms with Gasteiger partial charge in [-0.05, 0) is 62.4 Å². The molecule has 29 heavy (non-hydrogen) atoms. The molecular weight excluding hydrogens is 366 g/mol. The predicted octanol–water partition coefficient (Wildman–Crippen LogP) is 4.23. The van der Waals surface area contributed by atoms with Crippen LogP contribution in [-0.4, -0.2) is 29.2 Å². The number of hydrogen-bond acceptors (Lipinski definition) is 5. The van der Waals surface area contributed by atoms with Crippen molar-refractivity contribution in [3.63, 3.8) is 0 Å². The van der Waals surface area contributed by atoms with Crippen LogP contribution in [-0.2, 0) is 4.74 Å². The van der Waals surface area contributed by atoms with Crippen LogP contribution in [0.3, 0.4) is 0 Å². The molecule has 4 rings (SSSR count). The number of hydrogen-bond donors (Lipinski definition) is 1. The van der Waals surface area contributed by atoms with Crippen LogP contribution < -0.4 is 10.7 Å². The van der Waals surface area contributed by atoms with Crippen LogP contribution in [0.1, 0.15) is 47.3 Å². The van der Waals surface area contributed by atoms with Crippen LogP contribution in [0, 0.1) is 13.8 Å². The fourth-order valence-corrected chi connectivity index (χ4v) is 3.91. The Morgan fingerprint density at radius 1 is 1.31 bits per heavy atom. The van der Waals surface area contributed by atoms with Gasteiger partial charge in [0, 0.05) is 36.4 Å². The number of aryl methyl sites for hydroxylation is 2. The number of nitrogens with one attached hydrogen (secondary N) is 1.